The largest absolute Gasteiger partial charge is 0.329 e. The topological polar surface area (TPSA) is 68.0 Å². The third-order valence-corrected chi connectivity index (χ3v) is 3.84. The van der Waals surface area contributed by atoms with Gasteiger partial charge in [0.25, 0.3) is 0 Å². The van der Waals surface area contributed by atoms with Gasteiger partial charge in [0.1, 0.15) is 0 Å². The zero-order chi connectivity index (χ0) is 13.0. The summed E-state index contributed by atoms with van der Waals surface area (Å²) in [6.07, 6.45) is 6.92. The summed E-state index contributed by atoms with van der Waals surface area (Å²) >= 11 is 0. The average molecular weight is 247 g/mol. The fourth-order valence-electron chi connectivity index (χ4n) is 2.64. The van der Waals surface area contributed by atoms with Crippen LogP contribution < -0.4 is 11.1 Å². The smallest absolute Gasteiger partial charge is 0.231 e. The molecule has 98 valence electrons. The number of carbonyl (C=O) groups is 1. The summed E-state index contributed by atoms with van der Waals surface area (Å²) in [4.78, 5) is 16.5. The van der Waals surface area contributed by atoms with E-state index in [2.05, 4.69) is 10.3 Å². The van der Waals surface area contributed by atoms with E-state index in [4.69, 9.17) is 5.73 Å². The minimum atomic E-state index is -0.366. The number of nitrogens with two attached hydrogens (primary N) is 1. The highest BCUT2D eigenvalue weighted by molar-refractivity contribution is 5.95. The Balaban J connectivity index is 2.10. The van der Waals surface area contributed by atoms with Crippen LogP contribution >= 0.6 is 0 Å². The maximum atomic E-state index is 12.4. The van der Waals surface area contributed by atoms with Crippen molar-refractivity contribution in [1.29, 1.82) is 0 Å². The second-order valence-electron chi connectivity index (χ2n) is 5.19. The molecule has 1 heterocycles. The predicted molar refractivity (Wildman–Crippen MR) is 72.2 cm³/mol. The Kier molecular flexibility index (Phi) is 3.97. The lowest BCUT2D eigenvalue weighted by Gasteiger charge is -2.34. The Hall–Kier alpha value is -1.42. The monoisotopic (exact) mass is 247 g/mol. The number of aromatic nitrogens is 1. The SMILES string of the molecule is Cc1cc(NC(=O)C2(CN)CCCCC2)ccn1. The third-order valence-electron chi connectivity index (χ3n) is 3.84. The van der Waals surface area contributed by atoms with Gasteiger partial charge < -0.3 is 11.1 Å². The van der Waals surface area contributed by atoms with E-state index in [0.717, 1.165) is 37.1 Å². The van der Waals surface area contributed by atoms with E-state index in [1.807, 2.05) is 19.1 Å². The fraction of sp³-hybridized carbons (Fsp3) is 0.571. The van der Waals surface area contributed by atoms with Crippen molar-refractivity contribution in [2.24, 2.45) is 11.1 Å². The molecule has 1 saturated carbocycles. The third kappa shape index (κ3) is 2.70. The Morgan fingerprint density at radius 1 is 1.44 bits per heavy atom. The average Bonchev–Trinajstić information content (AvgIpc) is 2.39. The van der Waals surface area contributed by atoms with Crippen LogP contribution in [-0.4, -0.2) is 17.4 Å². The number of aryl methyl sites for hydroxylation is 1. The van der Waals surface area contributed by atoms with Crippen LogP contribution in [0.15, 0.2) is 18.3 Å². The second kappa shape index (κ2) is 5.48. The molecule has 2 rings (SSSR count). The Morgan fingerprint density at radius 3 is 2.78 bits per heavy atom. The molecule has 0 unspecified atom stereocenters. The molecule has 0 saturated heterocycles. The van der Waals surface area contributed by atoms with Crippen molar-refractivity contribution in [3.05, 3.63) is 24.0 Å². The van der Waals surface area contributed by atoms with E-state index in [-0.39, 0.29) is 11.3 Å². The molecule has 1 aromatic heterocycles. The van der Waals surface area contributed by atoms with E-state index in [0.29, 0.717) is 6.54 Å². The summed E-state index contributed by atoms with van der Waals surface area (Å²) in [6.45, 7) is 2.35. The summed E-state index contributed by atoms with van der Waals surface area (Å²) in [5.41, 5.74) is 7.20. The summed E-state index contributed by atoms with van der Waals surface area (Å²) in [5, 5.41) is 2.99. The lowest BCUT2D eigenvalue weighted by atomic mass is 9.73. The van der Waals surface area contributed by atoms with Gasteiger partial charge in [0.15, 0.2) is 0 Å². The summed E-state index contributed by atoms with van der Waals surface area (Å²) in [7, 11) is 0. The fourth-order valence-corrected chi connectivity index (χ4v) is 2.64. The molecular formula is C14H21N3O. The molecule has 1 aromatic rings. The van der Waals surface area contributed by atoms with Gasteiger partial charge in [-0.2, -0.15) is 0 Å². The van der Waals surface area contributed by atoms with Crippen molar-refractivity contribution in [2.75, 3.05) is 11.9 Å². The van der Waals surface area contributed by atoms with Gasteiger partial charge >= 0.3 is 0 Å². The highest BCUT2D eigenvalue weighted by Crippen LogP contribution is 2.36. The molecule has 4 heteroatoms. The Morgan fingerprint density at radius 2 is 2.17 bits per heavy atom. The molecule has 0 radical (unpaired) electrons. The van der Waals surface area contributed by atoms with Gasteiger partial charge in [-0.15, -0.1) is 0 Å². The van der Waals surface area contributed by atoms with Crippen LogP contribution in [-0.2, 0) is 4.79 Å². The molecule has 1 aliphatic rings. The van der Waals surface area contributed by atoms with Crippen molar-refractivity contribution < 1.29 is 4.79 Å². The maximum absolute atomic E-state index is 12.4. The maximum Gasteiger partial charge on any atom is 0.231 e. The predicted octanol–water partition coefficient (Wildman–Crippen LogP) is 2.24. The number of anilines is 1. The first-order valence-electron chi connectivity index (χ1n) is 6.60. The van der Waals surface area contributed by atoms with Crippen LogP contribution in [0.3, 0.4) is 0 Å². The molecule has 4 nitrogen and oxygen atoms in total. The number of hydrogen-bond acceptors (Lipinski definition) is 3. The molecular weight excluding hydrogens is 226 g/mol. The van der Waals surface area contributed by atoms with Crippen molar-refractivity contribution in [3.63, 3.8) is 0 Å². The van der Waals surface area contributed by atoms with Gasteiger partial charge in [0, 0.05) is 24.1 Å². The zero-order valence-corrected chi connectivity index (χ0v) is 10.9. The van der Waals surface area contributed by atoms with Crippen LogP contribution in [0, 0.1) is 12.3 Å². The summed E-state index contributed by atoms with van der Waals surface area (Å²) in [6, 6.07) is 3.70. The van der Waals surface area contributed by atoms with Crippen molar-refractivity contribution in [1.82, 2.24) is 4.98 Å². The lowest BCUT2D eigenvalue weighted by molar-refractivity contribution is -0.126. The van der Waals surface area contributed by atoms with Gasteiger partial charge in [-0.25, -0.2) is 0 Å². The van der Waals surface area contributed by atoms with Crippen molar-refractivity contribution >= 4 is 11.6 Å². The standard InChI is InChI=1S/C14H21N3O/c1-11-9-12(5-8-16-11)17-13(18)14(10-15)6-3-2-4-7-14/h5,8-9H,2-4,6-7,10,15H2,1H3,(H,16,17,18). The number of hydrogen-bond donors (Lipinski definition) is 2. The van der Waals surface area contributed by atoms with E-state index in [1.54, 1.807) is 6.20 Å². The van der Waals surface area contributed by atoms with E-state index < -0.39 is 0 Å². The molecule has 1 amide bonds. The van der Waals surface area contributed by atoms with Crippen LogP contribution in [0.2, 0.25) is 0 Å². The quantitative estimate of drug-likeness (QED) is 0.860. The number of amides is 1. The molecule has 1 fully saturated rings. The minimum Gasteiger partial charge on any atom is -0.329 e. The summed E-state index contributed by atoms with van der Waals surface area (Å²) < 4.78 is 0. The van der Waals surface area contributed by atoms with E-state index >= 15 is 0 Å². The second-order valence-corrected chi connectivity index (χ2v) is 5.19. The molecule has 0 spiro atoms. The molecule has 0 aliphatic heterocycles. The molecule has 0 atom stereocenters. The van der Waals surface area contributed by atoms with Crippen LogP contribution in [0.4, 0.5) is 5.69 Å². The molecule has 1 aliphatic carbocycles. The van der Waals surface area contributed by atoms with Gasteiger partial charge in [-0.3, -0.25) is 9.78 Å². The Labute approximate surface area is 108 Å². The van der Waals surface area contributed by atoms with Crippen molar-refractivity contribution in [3.8, 4) is 0 Å². The number of nitrogens with zero attached hydrogens (tertiary/aromatic N) is 1. The molecule has 18 heavy (non-hydrogen) atoms. The normalized spacial score (nSPS) is 18.3. The van der Waals surface area contributed by atoms with Gasteiger partial charge in [-0.05, 0) is 31.9 Å². The van der Waals surface area contributed by atoms with Gasteiger partial charge in [-0.1, -0.05) is 19.3 Å². The number of carbonyl (C=O) groups excluding carboxylic acids is 1. The first-order valence-corrected chi connectivity index (χ1v) is 6.60. The molecule has 0 aromatic carbocycles. The number of pyridine rings is 1. The molecule has 0 bridgehead atoms. The number of nitrogens with one attached hydrogen (secondary N) is 1. The van der Waals surface area contributed by atoms with E-state index in [9.17, 15) is 4.79 Å². The first-order chi connectivity index (χ1) is 8.66. The van der Waals surface area contributed by atoms with Crippen molar-refractivity contribution in [2.45, 2.75) is 39.0 Å². The van der Waals surface area contributed by atoms with Gasteiger partial charge in [0.2, 0.25) is 5.91 Å². The highest BCUT2D eigenvalue weighted by Gasteiger charge is 2.38. The number of rotatable bonds is 3. The zero-order valence-electron chi connectivity index (χ0n) is 10.9. The lowest BCUT2D eigenvalue weighted by Crippen LogP contribution is -2.43. The van der Waals surface area contributed by atoms with Gasteiger partial charge in [0.05, 0.1) is 5.41 Å². The highest BCUT2D eigenvalue weighted by atomic mass is 16.2. The molecule has 3 N–H and O–H groups in total. The van der Waals surface area contributed by atoms with Crippen LogP contribution in [0.25, 0.3) is 0 Å². The first kappa shape index (κ1) is 13.0. The Bertz CT molecular complexity index is 425. The minimum absolute atomic E-state index is 0.0651. The van der Waals surface area contributed by atoms with E-state index in [1.165, 1.54) is 6.42 Å². The van der Waals surface area contributed by atoms with Crippen LogP contribution in [0.5, 0.6) is 0 Å². The summed E-state index contributed by atoms with van der Waals surface area (Å²) in [5.74, 6) is 0.0651. The van der Waals surface area contributed by atoms with Crippen LogP contribution in [0.1, 0.15) is 37.8 Å².